The summed E-state index contributed by atoms with van der Waals surface area (Å²) < 4.78 is 11.6. The molecule has 0 aromatic carbocycles. The molecule has 2 heterocycles. The Balaban J connectivity index is 1.69. The summed E-state index contributed by atoms with van der Waals surface area (Å²) in [6, 6.07) is 0. The number of ether oxygens (including phenoxy) is 1. The van der Waals surface area contributed by atoms with Crippen LogP contribution in [0.3, 0.4) is 0 Å². The predicted molar refractivity (Wildman–Crippen MR) is 54.1 cm³/mol. The number of hydrogen-bond acceptors (Lipinski definition) is 2. The third kappa shape index (κ3) is 3.25. The molecule has 2 rings (SSSR count). The second-order valence-electron chi connectivity index (χ2n) is 4.21. The fraction of sp³-hybridized carbons (Fsp3) is 1.00. The van der Waals surface area contributed by atoms with Crippen molar-refractivity contribution < 1.29 is 8.53 Å². The molecule has 0 bridgehead atoms. The van der Waals surface area contributed by atoms with Gasteiger partial charge in [-0.3, -0.25) is 0 Å². The van der Waals surface area contributed by atoms with Crippen molar-refractivity contribution in [2.75, 3.05) is 13.2 Å². The van der Waals surface area contributed by atoms with E-state index in [1.54, 1.807) is 0 Å². The molecular formula is C10H19AlO2. The van der Waals surface area contributed by atoms with Crippen molar-refractivity contribution in [3.05, 3.63) is 0 Å². The lowest BCUT2D eigenvalue weighted by molar-refractivity contribution is 0.0256. The zero-order chi connectivity index (χ0) is 8.93. The Hall–Kier alpha value is 0.452. The Morgan fingerprint density at radius 2 is 2.00 bits per heavy atom. The minimum absolute atomic E-state index is 0.559. The third-order valence-corrected chi connectivity index (χ3v) is 5.88. The zero-order valence-corrected chi connectivity index (χ0v) is 9.49. The molecule has 0 radical (unpaired) electrons. The number of hydrogen-bond donors (Lipinski definition) is 0. The maximum Gasteiger partial charge on any atom is 0.463 e. The molecule has 0 aromatic heterocycles. The van der Waals surface area contributed by atoms with Crippen molar-refractivity contribution in [3.8, 4) is 0 Å². The van der Waals surface area contributed by atoms with E-state index in [1.807, 2.05) is 0 Å². The highest BCUT2D eigenvalue weighted by Crippen LogP contribution is 2.22. The van der Waals surface area contributed by atoms with E-state index in [1.165, 1.54) is 42.7 Å². The first-order valence-electron chi connectivity index (χ1n) is 5.68. The molecule has 0 spiro atoms. The molecule has 0 N–H and O–H groups in total. The molecular weight excluding hydrogens is 179 g/mol. The van der Waals surface area contributed by atoms with Gasteiger partial charge in [-0.25, -0.2) is 0 Å². The average molecular weight is 198 g/mol. The van der Waals surface area contributed by atoms with E-state index in [4.69, 9.17) is 8.53 Å². The fourth-order valence-corrected chi connectivity index (χ4v) is 5.02. The Kier molecular flexibility index (Phi) is 4.12. The van der Waals surface area contributed by atoms with Crippen LogP contribution in [0, 0.1) is 0 Å². The van der Waals surface area contributed by atoms with Crippen molar-refractivity contribution in [3.63, 3.8) is 0 Å². The molecule has 0 amide bonds. The van der Waals surface area contributed by atoms with Crippen LogP contribution in [0.2, 0.25) is 10.6 Å². The monoisotopic (exact) mass is 198 g/mol. The van der Waals surface area contributed by atoms with Crippen LogP contribution in [-0.4, -0.2) is 33.8 Å². The highest BCUT2D eigenvalue weighted by molar-refractivity contribution is 6.52. The Morgan fingerprint density at radius 3 is 2.69 bits per heavy atom. The van der Waals surface area contributed by atoms with Gasteiger partial charge in [0.25, 0.3) is 0 Å². The molecule has 1 unspecified atom stereocenters. The minimum atomic E-state index is -0.824. The normalized spacial score (nSPS) is 30.5. The van der Waals surface area contributed by atoms with Crippen LogP contribution >= 0.6 is 0 Å². The molecule has 3 heteroatoms. The van der Waals surface area contributed by atoms with Gasteiger partial charge in [-0.1, -0.05) is 11.7 Å². The minimum Gasteiger partial charge on any atom is -0.501 e. The second kappa shape index (κ2) is 5.36. The summed E-state index contributed by atoms with van der Waals surface area (Å²) in [5, 5.41) is 2.67. The summed E-state index contributed by atoms with van der Waals surface area (Å²) in [4.78, 5) is 0. The predicted octanol–water partition coefficient (Wildman–Crippen LogP) is 2.36. The van der Waals surface area contributed by atoms with Crippen molar-refractivity contribution in [1.82, 2.24) is 0 Å². The standard InChI is InChI=1S/C6H11O.C4H8O.Al/c1-6-4-2-3-5-7-6;1-2-3-4-5;/h6H,1-5H2;1-4H2;/q;-1;+1. The highest BCUT2D eigenvalue weighted by Gasteiger charge is 2.28. The molecule has 2 saturated heterocycles. The molecule has 1 atom stereocenters. The van der Waals surface area contributed by atoms with Gasteiger partial charge < -0.3 is 8.53 Å². The highest BCUT2D eigenvalue weighted by atomic mass is 27.2. The smallest absolute Gasteiger partial charge is 0.463 e. The van der Waals surface area contributed by atoms with Gasteiger partial charge in [-0.15, -0.1) is 0 Å². The Bertz CT molecular complexity index is 124. The van der Waals surface area contributed by atoms with Crippen molar-refractivity contribution in [1.29, 1.82) is 0 Å². The van der Waals surface area contributed by atoms with Gasteiger partial charge in [0.05, 0.1) is 0 Å². The van der Waals surface area contributed by atoms with Crippen LogP contribution in [0.25, 0.3) is 0 Å². The molecule has 13 heavy (non-hydrogen) atoms. The van der Waals surface area contributed by atoms with Crippen molar-refractivity contribution >= 4 is 14.5 Å². The van der Waals surface area contributed by atoms with Crippen molar-refractivity contribution in [2.45, 2.75) is 48.8 Å². The lowest BCUT2D eigenvalue weighted by atomic mass is 10.1. The average Bonchev–Trinajstić information content (AvgIpc) is 2.21. The van der Waals surface area contributed by atoms with Gasteiger partial charge in [0, 0.05) is 19.3 Å². The Labute approximate surface area is 85.3 Å². The maximum absolute atomic E-state index is 5.84. The van der Waals surface area contributed by atoms with E-state index in [0.29, 0.717) is 6.10 Å². The van der Waals surface area contributed by atoms with Gasteiger partial charge >= 0.3 is 14.5 Å². The quantitative estimate of drug-likeness (QED) is 0.634. The molecule has 0 saturated carbocycles. The number of rotatable bonds is 2. The van der Waals surface area contributed by atoms with Crippen LogP contribution < -0.4 is 0 Å². The van der Waals surface area contributed by atoms with E-state index in [0.717, 1.165) is 13.2 Å². The van der Waals surface area contributed by atoms with Crippen molar-refractivity contribution in [2.24, 2.45) is 0 Å². The second-order valence-corrected chi connectivity index (χ2v) is 6.84. The summed E-state index contributed by atoms with van der Waals surface area (Å²) in [6.07, 6.45) is 7.17. The first-order valence-corrected chi connectivity index (χ1v) is 7.79. The van der Waals surface area contributed by atoms with E-state index < -0.39 is 14.5 Å². The topological polar surface area (TPSA) is 18.5 Å². The molecule has 2 fully saturated rings. The van der Waals surface area contributed by atoms with Crippen LogP contribution in [-0.2, 0) is 8.53 Å². The molecule has 74 valence electrons. The van der Waals surface area contributed by atoms with E-state index in [-0.39, 0.29) is 0 Å². The lowest BCUT2D eigenvalue weighted by Crippen LogP contribution is -2.30. The molecule has 2 aliphatic rings. The molecule has 0 aliphatic carbocycles. The van der Waals surface area contributed by atoms with Gasteiger partial charge in [0.15, 0.2) is 0 Å². The van der Waals surface area contributed by atoms with Crippen LogP contribution in [0.5, 0.6) is 0 Å². The summed E-state index contributed by atoms with van der Waals surface area (Å²) in [7, 11) is 0. The van der Waals surface area contributed by atoms with E-state index in [2.05, 4.69) is 0 Å². The Morgan fingerprint density at radius 1 is 1.08 bits per heavy atom. The van der Waals surface area contributed by atoms with Gasteiger partial charge in [-0.05, 0) is 31.0 Å². The molecule has 2 nitrogen and oxygen atoms in total. The first-order chi connectivity index (χ1) is 6.45. The first kappa shape index (κ1) is 9.99. The summed E-state index contributed by atoms with van der Waals surface area (Å²) >= 11 is -0.824. The molecule has 2 aliphatic heterocycles. The van der Waals surface area contributed by atoms with E-state index >= 15 is 0 Å². The maximum atomic E-state index is 5.84. The molecule has 0 aromatic rings. The summed E-state index contributed by atoms with van der Waals surface area (Å²) in [5.74, 6) is 0. The summed E-state index contributed by atoms with van der Waals surface area (Å²) in [6.45, 7) is 2.02. The third-order valence-electron chi connectivity index (χ3n) is 3.07. The lowest BCUT2D eigenvalue weighted by Gasteiger charge is -2.26. The van der Waals surface area contributed by atoms with E-state index in [9.17, 15) is 0 Å². The van der Waals surface area contributed by atoms with Gasteiger partial charge in [-0.2, -0.15) is 0 Å². The van der Waals surface area contributed by atoms with Crippen LogP contribution in [0.1, 0.15) is 32.1 Å². The fourth-order valence-electron chi connectivity index (χ4n) is 2.28. The zero-order valence-electron chi connectivity index (χ0n) is 8.34. The van der Waals surface area contributed by atoms with Gasteiger partial charge in [0.1, 0.15) is 0 Å². The summed E-state index contributed by atoms with van der Waals surface area (Å²) in [5.41, 5.74) is 0. The largest absolute Gasteiger partial charge is 0.501 e. The SMILES string of the molecule is C1CCC([CH2][Al]2[CH2]CCC[O]2)OC1. The van der Waals surface area contributed by atoms with Gasteiger partial charge in [0.2, 0.25) is 0 Å². The van der Waals surface area contributed by atoms with Crippen LogP contribution in [0.4, 0.5) is 0 Å². The van der Waals surface area contributed by atoms with Crippen LogP contribution in [0.15, 0.2) is 0 Å².